The lowest BCUT2D eigenvalue weighted by molar-refractivity contribution is 0.472. The molecule has 114 valence electrons. The number of benzene rings is 1. The van der Waals surface area contributed by atoms with Crippen LogP contribution in [-0.4, -0.2) is 16.6 Å². The van der Waals surface area contributed by atoms with Crippen molar-refractivity contribution in [3.63, 3.8) is 0 Å². The van der Waals surface area contributed by atoms with Crippen molar-refractivity contribution < 1.29 is 8.78 Å². The Kier molecular flexibility index (Phi) is 5.07. The lowest BCUT2D eigenvalue weighted by atomic mass is 9.99. The molecule has 0 saturated heterocycles. The summed E-state index contributed by atoms with van der Waals surface area (Å²) in [6.45, 7) is 4.58. The van der Waals surface area contributed by atoms with Gasteiger partial charge in [-0.2, -0.15) is 0 Å². The molecule has 1 aromatic carbocycles. The molecule has 1 unspecified atom stereocenters. The van der Waals surface area contributed by atoms with Crippen molar-refractivity contribution in [2.24, 2.45) is 0 Å². The van der Waals surface area contributed by atoms with Crippen molar-refractivity contribution in [3.8, 4) is 0 Å². The van der Waals surface area contributed by atoms with Gasteiger partial charge in [0.2, 0.25) is 0 Å². The zero-order chi connectivity index (χ0) is 15.4. The number of nitrogens with one attached hydrogen (secondary N) is 1. The maximum Gasteiger partial charge on any atom is 0.133 e. The van der Waals surface area contributed by atoms with Crippen LogP contribution in [-0.2, 0) is 13.0 Å². The molecule has 0 aliphatic heterocycles. The Morgan fingerprint density at radius 1 is 1.33 bits per heavy atom. The molecule has 3 nitrogen and oxygen atoms in total. The van der Waals surface area contributed by atoms with Gasteiger partial charge in [0.1, 0.15) is 17.5 Å². The third kappa shape index (κ3) is 3.29. The molecule has 0 radical (unpaired) electrons. The molecule has 2 aromatic rings. The second-order valence-corrected chi connectivity index (χ2v) is 5.17. The van der Waals surface area contributed by atoms with Crippen molar-refractivity contribution >= 4 is 0 Å². The summed E-state index contributed by atoms with van der Waals surface area (Å²) in [7, 11) is 1.71. The first-order valence-electron chi connectivity index (χ1n) is 7.20. The van der Waals surface area contributed by atoms with Crippen LogP contribution in [0.5, 0.6) is 0 Å². The molecule has 0 bridgehead atoms. The highest BCUT2D eigenvalue weighted by atomic mass is 19.1. The van der Waals surface area contributed by atoms with Crippen LogP contribution in [0, 0.1) is 18.6 Å². The topological polar surface area (TPSA) is 29.9 Å². The number of hydrogen-bond acceptors (Lipinski definition) is 2. The Morgan fingerprint density at radius 2 is 2.10 bits per heavy atom. The average molecular weight is 293 g/mol. The number of nitrogens with zero attached hydrogens (tertiary/aromatic N) is 2. The molecular weight excluding hydrogens is 272 g/mol. The van der Waals surface area contributed by atoms with E-state index in [1.165, 1.54) is 12.1 Å². The Labute approximate surface area is 124 Å². The van der Waals surface area contributed by atoms with Gasteiger partial charge in [0, 0.05) is 37.0 Å². The second-order valence-electron chi connectivity index (χ2n) is 5.17. The summed E-state index contributed by atoms with van der Waals surface area (Å²) in [4.78, 5) is 4.31. The Balaban J connectivity index is 2.32. The molecule has 0 amide bonds. The highest BCUT2D eigenvalue weighted by Gasteiger charge is 2.22. The summed E-state index contributed by atoms with van der Waals surface area (Å²) in [5, 5.41) is 3.00. The average Bonchev–Trinajstić information content (AvgIpc) is 2.90. The van der Waals surface area contributed by atoms with Crippen LogP contribution in [0.1, 0.15) is 36.3 Å². The first kappa shape index (κ1) is 15.6. The van der Waals surface area contributed by atoms with Gasteiger partial charge < -0.3 is 9.88 Å². The Bertz CT molecular complexity index is 608. The molecule has 0 aliphatic carbocycles. The fourth-order valence-corrected chi connectivity index (χ4v) is 2.50. The number of likely N-dealkylation sites (N-methyl/N-ethyl adjacent to an activating group) is 1. The van der Waals surface area contributed by atoms with E-state index in [0.29, 0.717) is 12.0 Å². The van der Waals surface area contributed by atoms with Crippen LogP contribution < -0.4 is 5.32 Å². The van der Waals surface area contributed by atoms with Crippen LogP contribution in [0.3, 0.4) is 0 Å². The normalized spacial score (nSPS) is 12.6. The van der Waals surface area contributed by atoms with Crippen molar-refractivity contribution in [1.29, 1.82) is 0 Å². The van der Waals surface area contributed by atoms with E-state index in [9.17, 15) is 8.78 Å². The summed E-state index contributed by atoms with van der Waals surface area (Å²) in [6, 6.07) is 2.33. The summed E-state index contributed by atoms with van der Waals surface area (Å²) in [5.41, 5.74) is 0.534. The molecule has 1 aromatic heterocycles. The van der Waals surface area contributed by atoms with E-state index in [-0.39, 0.29) is 5.56 Å². The van der Waals surface area contributed by atoms with Crippen molar-refractivity contribution in [3.05, 3.63) is 53.1 Å². The minimum absolute atomic E-state index is 0.0866. The first-order valence-corrected chi connectivity index (χ1v) is 7.20. The third-order valence-corrected chi connectivity index (χ3v) is 3.67. The highest BCUT2D eigenvalue weighted by Crippen LogP contribution is 2.25. The summed E-state index contributed by atoms with van der Waals surface area (Å²) < 4.78 is 30.3. The second kappa shape index (κ2) is 6.80. The molecule has 0 aliphatic rings. The number of imidazole rings is 1. The van der Waals surface area contributed by atoms with E-state index in [0.717, 1.165) is 18.8 Å². The molecule has 1 N–H and O–H groups in total. The molecule has 1 heterocycles. The molecule has 0 spiro atoms. The number of rotatable bonds is 6. The van der Waals surface area contributed by atoms with E-state index in [4.69, 9.17) is 0 Å². The third-order valence-electron chi connectivity index (χ3n) is 3.67. The SMILES string of the molecule is CCCn1ccnc1CC(NC)c1c(F)ccc(C)c1F. The zero-order valence-corrected chi connectivity index (χ0v) is 12.7. The van der Waals surface area contributed by atoms with E-state index in [1.54, 1.807) is 20.2 Å². The van der Waals surface area contributed by atoms with Crippen LogP contribution in [0.25, 0.3) is 0 Å². The fourth-order valence-electron chi connectivity index (χ4n) is 2.50. The minimum Gasteiger partial charge on any atom is -0.335 e. The lowest BCUT2D eigenvalue weighted by Gasteiger charge is -2.19. The van der Waals surface area contributed by atoms with E-state index in [1.807, 2.05) is 10.8 Å². The van der Waals surface area contributed by atoms with Gasteiger partial charge in [-0.1, -0.05) is 13.0 Å². The van der Waals surface area contributed by atoms with Gasteiger partial charge in [-0.15, -0.1) is 0 Å². The monoisotopic (exact) mass is 293 g/mol. The zero-order valence-electron chi connectivity index (χ0n) is 12.7. The summed E-state index contributed by atoms with van der Waals surface area (Å²) in [5.74, 6) is -0.175. The smallest absolute Gasteiger partial charge is 0.133 e. The van der Waals surface area contributed by atoms with Gasteiger partial charge in [0.05, 0.1) is 0 Å². The van der Waals surface area contributed by atoms with E-state index >= 15 is 0 Å². The first-order chi connectivity index (χ1) is 10.1. The molecule has 1 atom stereocenters. The van der Waals surface area contributed by atoms with Gasteiger partial charge in [0.25, 0.3) is 0 Å². The molecule has 5 heteroatoms. The number of hydrogen-bond donors (Lipinski definition) is 1. The fraction of sp³-hybridized carbons (Fsp3) is 0.438. The summed E-state index contributed by atoms with van der Waals surface area (Å²) in [6.07, 6.45) is 5.05. The molecule has 0 saturated carbocycles. The van der Waals surface area contributed by atoms with E-state index in [2.05, 4.69) is 17.2 Å². The number of aryl methyl sites for hydroxylation is 2. The number of halogens is 2. The predicted molar refractivity (Wildman–Crippen MR) is 79.1 cm³/mol. The van der Waals surface area contributed by atoms with Gasteiger partial charge in [-0.05, 0) is 32.0 Å². The quantitative estimate of drug-likeness (QED) is 0.885. The predicted octanol–water partition coefficient (Wildman–Crippen LogP) is 3.38. The van der Waals surface area contributed by atoms with Crippen LogP contribution in [0.15, 0.2) is 24.5 Å². The maximum atomic E-state index is 14.3. The van der Waals surface area contributed by atoms with Gasteiger partial charge in [-0.3, -0.25) is 0 Å². The molecular formula is C16H21F2N3. The highest BCUT2D eigenvalue weighted by molar-refractivity contribution is 5.30. The van der Waals surface area contributed by atoms with Crippen molar-refractivity contribution in [2.45, 2.75) is 39.3 Å². The van der Waals surface area contributed by atoms with Crippen LogP contribution in [0.2, 0.25) is 0 Å². The Hall–Kier alpha value is -1.75. The van der Waals surface area contributed by atoms with Gasteiger partial charge in [-0.25, -0.2) is 13.8 Å². The number of aromatic nitrogens is 2. The van der Waals surface area contributed by atoms with Crippen LogP contribution >= 0.6 is 0 Å². The molecule has 21 heavy (non-hydrogen) atoms. The standard InChI is InChI=1S/C16H21F2N3/c1-4-8-21-9-7-20-14(21)10-13(19-3)15-12(17)6-5-11(2)16(15)18/h5-7,9,13,19H,4,8,10H2,1-3H3. The van der Waals surface area contributed by atoms with Crippen molar-refractivity contribution in [1.82, 2.24) is 14.9 Å². The van der Waals surface area contributed by atoms with Crippen LogP contribution in [0.4, 0.5) is 8.78 Å². The minimum atomic E-state index is -0.522. The molecule has 2 rings (SSSR count). The summed E-state index contributed by atoms with van der Waals surface area (Å²) >= 11 is 0. The van der Waals surface area contributed by atoms with Crippen molar-refractivity contribution in [2.75, 3.05) is 7.05 Å². The Morgan fingerprint density at radius 3 is 2.76 bits per heavy atom. The largest absolute Gasteiger partial charge is 0.335 e. The van der Waals surface area contributed by atoms with E-state index < -0.39 is 17.7 Å². The van der Waals surface area contributed by atoms with Gasteiger partial charge >= 0.3 is 0 Å². The maximum absolute atomic E-state index is 14.3. The lowest BCUT2D eigenvalue weighted by Crippen LogP contribution is -2.23. The molecule has 0 fully saturated rings. The van der Waals surface area contributed by atoms with Gasteiger partial charge in [0.15, 0.2) is 0 Å².